The first-order valence-corrected chi connectivity index (χ1v) is 5.21. The molecule has 0 aliphatic heterocycles. The summed E-state index contributed by atoms with van der Waals surface area (Å²) in [5.74, 6) is 0.944. The average molecular weight is 184 g/mol. The molecule has 13 heavy (non-hydrogen) atoms. The summed E-state index contributed by atoms with van der Waals surface area (Å²) in [6.07, 6.45) is 5.55. The van der Waals surface area contributed by atoms with Crippen molar-refractivity contribution in [1.82, 2.24) is 0 Å². The van der Waals surface area contributed by atoms with E-state index in [4.69, 9.17) is 0 Å². The number of hydrogen-bond donors (Lipinski definition) is 1. The molecule has 1 fully saturated rings. The molecule has 0 radical (unpaired) electrons. The second kappa shape index (κ2) is 4.23. The standard InChI is InChI=1S/C11H20O2/c1-11(2,13)7-6-9-4-3-5-10(12)8-9/h9,13H,3-8H2,1-2H3. The van der Waals surface area contributed by atoms with Gasteiger partial charge in [0.05, 0.1) is 5.60 Å². The first-order chi connectivity index (χ1) is 5.97. The van der Waals surface area contributed by atoms with E-state index >= 15 is 0 Å². The van der Waals surface area contributed by atoms with E-state index < -0.39 is 5.60 Å². The van der Waals surface area contributed by atoms with Crippen molar-refractivity contribution in [2.24, 2.45) is 5.92 Å². The van der Waals surface area contributed by atoms with Gasteiger partial charge in [-0.25, -0.2) is 0 Å². The molecule has 1 aliphatic rings. The van der Waals surface area contributed by atoms with Crippen LogP contribution in [0.4, 0.5) is 0 Å². The van der Waals surface area contributed by atoms with Gasteiger partial charge in [0.2, 0.25) is 0 Å². The molecule has 0 spiro atoms. The summed E-state index contributed by atoms with van der Waals surface area (Å²) in [6.45, 7) is 3.66. The minimum Gasteiger partial charge on any atom is -0.390 e. The van der Waals surface area contributed by atoms with E-state index in [0.717, 1.165) is 32.1 Å². The number of aliphatic hydroxyl groups is 1. The molecule has 1 saturated carbocycles. The van der Waals surface area contributed by atoms with E-state index in [0.29, 0.717) is 11.7 Å². The van der Waals surface area contributed by atoms with Crippen molar-refractivity contribution >= 4 is 5.78 Å². The number of carbonyl (C=O) groups excluding carboxylic acids is 1. The molecule has 1 aliphatic carbocycles. The topological polar surface area (TPSA) is 37.3 Å². The fourth-order valence-corrected chi connectivity index (χ4v) is 1.92. The molecular weight excluding hydrogens is 164 g/mol. The predicted octanol–water partition coefficient (Wildman–Crippen LogP) is 2.30. The van der Waals surface area contributed by atoms with Gasteiger partial charge in [0, 0.05) is 12.8 Å². The Bertz CT molecular complexity index is 179. The first kappa shape index (κ1) is 10.7. The van der Waals surface area contributed by atoms with Crippen molar-refractivity contribution < 1.29 is 9.90 Å². The molecule has 0 heterocycles. The minimum atomic E-state index is -0.569. The average Bonchev–Trinajstić information content (AvgIpc) is 2.00. The number of rotatable bonds is 3. The molecule has 0 aromatic rings. The summed E-state index contributed by atoms with van der Waals surface area (Å²) >= 11 is 0. The normalized spacial score (nSPS) is 24.8. The van der Waals surface area contributed by atoms with Gasteiger partial charge < -0.3 is 5.11 Å². The van der Waals surface area contributed by atoms with Crippen molar-refractivity contribution in [3.63, 3.8) is 0 Å². The van der Waals surface area contributed by atoms with Crippen LogP contribution in [-0.4, -0.2) is 16.5 Å². The van der Waals surface area contributed by atoms with Gasteiger partial charge in [0.15, 0.2) is 0 Å². The van der Waals surface area contributed by atoms with Crippen LogP contribution in [-0.2, 0) is 4.79 Å². The first-order valence-electron chi connectivity index (χ1n) is 5.21. The third kappa shape index (κ3) is 4.41. The quantitative estimate of drug-likeness (QED) is 0.730. The minimum absolute atomic E-state index is 0.409. The van der Waals surface area contributed by atoms with E-state index in [2.05, 4.69) is 0 Å². The van der Waals surface area contributed by atoms with Gasteiger partial charge in [-0.1, -0.05) is 0 Å². The van der Waals surface area contributed by atoms with Crippen LogP contribution in [0.5, 0.6) is 0 Å². The zero-order chi connectivity index (χ0) is 9.90. The number of ketones is 1. The Balaban J connectivity index is 2.25. The highest BCUT2D eigenvalue weighted by atomic mass is 16.3. The Morgan fingerprint density at radius 1 is 1.54 bits per heavy atom. The maximum atomic E-state index is 11.1. The third-order valence-electron chi connectivity index (χ3n) is 2.75. The van der Waals surface area contributed by atoms with E-state index in [9.17, 15) is 9.90 Å². The van der Waals surface area contributed by atoms with Gasteiger partial charge in [-0.05, 0) is 45.4 Å². The van der Waals surface area contributed by atoms with Crippen LogP contribution in [0.3, 0.4) is 0 Å². The Morgan fingerprint density at radius 3 is 2.77 bits per heavy atom. The Kier molecular flexibility index (Phi) is 3.48. The second-order valence-corrected chi connectivity index (χ2v) is 4.85. The lowest BCUT2D eigenvalue weighted by Crippen LogP contribution is -2.22. The molecular formula is C11H20O2. The van der Waals surface area contributed by atoms with Crippen LogP contribution in [0.1, 0.15) is 52.4 Å². The fourth-order valence-electron chi connectivity index (χ4n) is 1.92. The monoisotopic (exact) mass is 184 g/mol. The maximum absolute atomic E-state index is 11.1. The van der Waals surface area contributed by atoms with Crippen LogP contribution < -0.4 is 0 Å². The third-order valence-corrected chi connectivity index (χ3v) is 2.75. The molecule has 0 saturated heterocycles. The summed E-state index contributed by atoms with van der Waals surface area (Å²) in [7, 11) is 0. The van der Waals surface area contributed by atoms with Gasteiger partial charge in [-0.3, -0.25) is 4.79 Å². The molecule has 0 aromatic heterocycles. The van der Waals surface area contributed by atoms with Gasteiger partial charge in [-0.15, -0.1) is 0 Å². The van der Waals surface area contributed by atoms with E-state index in [1.54, 1.807) is 0 Å². The zero-order valence-corrected chi connectivity index (χ0v) is 8.68. The molecule has 0 aromatic carbocycles. The molecule has 2 nitrogen and oxygen atoms in total. The number of Topliss-reactive ketones (excluding diaryl/α,β-unsaturated/α-hetero) is 1. The Hall–Kier alpha value is -0.370. The molecule has 2 heteroatoms. The lowest BCUT2D eigenvalue weighted by Gasteiger charge is -2.24. The van der Waals surface area contributed by atoms with Crippen LogP contribution >= 0.6 is 0 Å². The maximum Gasteiger partial charge on any atom is 0.133 e. The van der Waals surface area contributed by atoms with Crippen molar-refractivity contribution in [2.75, 3.05) is 0 Å². The number of carbonyl (C=O) groups is 1. The summed E-state index contributed by atoms with van der Waals surface area (Å²) in [5, 5.41) is 9.53. The summed E-state index contributed by atoms with van der Waals surface area (Å²) < 4.78 is 0. The van der Waals surface area contributed by atoms with Crippen molar-refractivity contribution in [3.05, 3.63) is 0 Å². The summed E-state index contributed by atoms with van der Waals surface area (Å²) in [4.78, 5) is 11.1. The van der Waals surface area contributed by atoms with Crippen LogP contribution in [0.25, 0.3) is 0 Å². The molecule has 1 N–H and O–H groups in total. The molecule has 0 amide bonds. The zero-order valence-electron chi connectivity index (χ0n) is 8.68. The Labute approximate surface area is 80.3 Å². The summed E-state index contributed by atoms with van der Waals surface area (Å²) in [6, 6.07) is 0. The molecule has 1 atom stereocenters. The fraction of sp³-hybridized carbons (Fsp3) is 0.909. The van der Waals surface area contributed by atoms with Crippen LogP contribution in [0, 0.1) is 5.92 Å². The van der Waals surface area contributed by atoms with Crippen molar-refractivity contribution in [1.29, 1.82) is 0 Å². The predicted molar refractivity (Wildman–Crippen MR) is 52.5 cm³/mol. The van der Waals surface area contributed by atoms with Gasteiger partial charge in [0.1, 0.15) is 5.78 Å². The van der Waals surface area contributed by atoms with Crippen molar-refractivity contribution in [3.8, 4) is 0 Å². The second-order valence-electron chi connectivity index (χ2n) is 4.85. The highest BCUT2D eigenvalue weighted by Gasteiger charge is 2.22. The highest BCUT2D eigenvalue weighted by molar-refractivity contribution is 5.79. The van der Waals surface area contributed by atoms with Gasteiger partial charge >= 0.3 is 0 Å². The number of hydrogen-bond acceptors (Lipinski definition) is 2. The largest absolute Gasteiger partial charge is 0.390 e. The lowest BCUT2D eigenvalue weighted by molar-refractivity contribution is -0.121. The van der Waals surface area contributed by atoms with E-state index in [-0.39, 0.29) is 0 Å². The lowest BCUT2D eigenvalue weighted by atomic mass is 9.83. The molecule has 0 bridgehead atoms. The van der Waals surface area contributed by atoms with Crippen LogP contribution in [0.15, 0.2) is 0 Å². The summed E-state index contributed by atoms with van der Waals surface area (Å²) in [5.41, 5.74) is -0.569. The molecule has 1 rings (SSSR count). The smallest absolute Gasteiger partial charge is 0.133 e. The van der Waals surface area contributed by atoms with Crippen molar-refractivity contribution in [2.45, 2.75) is 58.0 Å². The Morgan fingerprint density at radius 2 is 2.23 bits per heavy atom. The van der Waals surface area contributed by atoms with E-state index in [1.165, 1.54) is 6.42 Å². The SMILES string of the molecule is CC(C)(O)CCC1CCCC(=O)C1. The van der Waals surface area contributed by atoms with E-state index in [1.807, 2.05) is 13.8 Å². The van der Waals surface area contributed by atoms with Gasteiger partial charge in [0.25, 0.3) is 0 Å². The van der Waals surface area contributed by atoms with Crippen LogP contribution in [0.2, 0.25) is 0 Å². The highest BCUT2D eigenvalue weighted by Crippen LogP contribution is 2.27. The molecule has 76 valence electrons. The van der Waals surface area contributed by atoms with Gasteiger partial charge in [-0.2, -0.15) is 0 Å². The molecule has 1 unspecified atom stereocenters.